The second-order valence-corrected chi connectivity index (χ2v) is 16.7. The van der Waals surface area contributed by atoms with Crippen LogP contribution in [0.2, 0.25) is 0 Å². The minimum atomic E-state index is -0.142. The van der Waals surface area contributed by atoms with E-state index in [1.807, 2.05) is 24.3 Å². The Morgan fingerprint density at radius 2 is 1.09 bits per heavy atom. The molecule has 0 saturated heterocycles. The van der Waals surface area contributed by atoms with Gasteiger partial charge < -0.3 is 13.7 Å². The van der Waals surface area contributed by atoms with Crippen molar-refractivity contribution in [2.24, 2.45) is 0 Å². The quantitative estimate of drug-likeness (QED) is 0.181. The number of aromatic nitrogens is 1. The predicted octanol–water partition coefficient (Wildman–Crippen LogP) is 14.6. The number of oxazole rings is 1. The highest BCUT2D eigenvalue weighted by Crippen LogP contribution is 2.56. The van der Waals surface area contributed by atoms with Crippen LogP contribution in [0, 0.1) is 0 Å². The smallest absolute Gasteiger partial charge is 0.228 e. The largest absolute Gasteiger partial charge is 0.456 e. The molecule has 0 radical (unpaired) electrons. The van der Waals surface area contributed by atoms with Gasteiger partial charge in [0, 0.05) is 50.2 Å². The number of benzene rings is 8. The van der Waals surface area contributed by atoms with E-state index in [0.29, 0.717) is 5.89 Å². The van der Waals surface area contributed by atoms with Crippen molar-refractivity contribution in [3.05, 3.63) is 180 Å². The molecule has 0 amide bonds. The zero-order valence-corrected chi connectivity index (χ0v) is 32.2. The Kier molecular flexibility index (Phi) is 6.43. The van der Waals surface area contributed by atoms with Gasteiger partial charge in [0.05, 0.1) is 5.69 Å². The Morgan fingerprint density at radius 3 is 1.93 bits per heavy atom. The van der Waals surface area contributed by atoms with Gasteiger partial charge in [-0.2, -0.15) is 0 Å². The maximum Gasteiger partial charge on any atom is 0.228 e. The van der Waals surface area contributed by atoms with Crippen molar-refractivity contribution in [1.29, 1.82) is 0 Å². The summed E-state index contributed by atoms with van der Waals surface area (Å²) < 4.78 is 13.2. The first kappa shape index (κ1) is 32.3. The van der Waals surface area contributed by atoms with E-state index in [0.717, 1.165) is 66.4 Å². The van der Waals surface area contributed by atoms with Crippen LogP contribution < -0.4 is 4.90 Å². The summed E-state index contributed by atoms with van der Waals surface area (Å²) in [5.74, 6) is 0.587. The van der Waals surface area contributed by atoms with Gasteiger partial charge in [0.25, 0.3) is 0 Å². The monoisotopic (exact) mass is 734 g/mol. The maximum absolute atomic E-state index is 6.89. The van der Waals surface area contributed by atoms with Gasteiger partial charge in [-0.05, 0) is 98.2 Å². The number of anilines is 3. The molecule has 0 N–H and O–H groups in total. The van der Waals surface area contributed by atoms with Gasteiger partial charge in [0.1, 0.15) is 16.7 Å². The Labute approximate surface area is 330 Å². The van der Waals surface area contributed by atoms with Crippen molar-refractivity contribution < 1.29 is 8.83 Å². The zero-order valence-electron chi connectivity index (χ0n) is 32.2. The maximum atomic E-state index is 6.89. The van der Waals surface area contributed by atoms with E-state index in [1.54, 1.807) is 0 Å². The Hall–Kier alpha value is -6.91. The minimum absolute atomic E-state index is 0.134. The molecule has 0 spiro atoms. The average molecular weight is 735 g/mol. The van der Waals surface area contributed by atoms with E-state index >= 15 is 0 Å². The summed E-state index contributed by atoms with van der Waals surface area (Å²) in [5, 5.41) is 4.35. The molecule has 0 fully saturated rings. The minimum Gasteiger partial charge on any atom is -0.456 e. The van der Waals surface area contributed by atoms with Crippen LogP contribution in [-0.2, 0) is 10.8 Å². The summed E-state index contributed by atoms with van der Waals surface area (Å²) in [4.78, 5) is 7.34. The van der Waals surface area contributed by atoms with E-state index in [9.17, 15) is 0 Å². The number of fused-ring (bicyclic) bond motifs is 12. The molecule has 0 saturated carbocycles. The Balaban J connectivity index is 1.10. The molecule has 2 heterocycles. The Morgan fingerprint density at radius 1 is 0.439 bits per heavy atom. The van der Waals surface area contributed by atoms with Gasteiger partial charge in [0.2, 0.25) is 5.89 Å². The molecule has 272 valence electrons. The van der Waals surface area contributed by atoms with Crippen LogP contribution in [0.5, 0.6) is 0 Å². The van der Waals surface area contributed by atoms with E-state index in [-0.39, 0.29) is 10.8 Å². The summed E-state index contributed by atoms with van der Waals surface area (Å²) in [6, 6.07) is 56.9. The van der Waals surface area contributed by atoms with Gasteiger partial charge in [-0.15, -0.1) is 0 Å². The van der Waals surface area contributed by atoms with Crippen LogP contribution >= 0.6 is 0 Å². The van der Waals surface area contributed by atoms with Crippen LogP contribution in [0.25, 0.3) is 77.5 Å². The van der Waals surface area contributed by atoms with Crippen LogP contribution in [0.3, 0.4) is 0 Å². The molecule has 2 aliphatic rings. The highest BCUT2D eigenvalue weighted by Gasteiger charge is 2.39. The molecule has 4 heteroatoms. The molecule has 8 aromatic carbocycles. The van der Waals surface area contributed by atoms with Crippen LogP contribution in [0.4, 0.5) is 17.1 Å². The Bertz CT molecular complexity index is 3290. The first-order valence-corrected chi connectivity index (χ1v) is 19.8. The third-order valence-corrected chi connectivity index (χ3v) is 12.9. The molecule has 12 rings (SSSR count). The first-order valence-electron chi connectivity index (χ1n) is 19.8. The van der Waals surface area contributed by atoms with Gasteiger partial charge in [0.15, 0.2) is 5.58 Å². The lowest BCUT2D eigenvalue weighted by Gasteiger charge is -2.30. The van der Waals surface area contributed by atoms with Gasteiger partial charge in [-0.25, -0.2) is 4.98 Å². The summed E-state index contributed by atoms with van der Waals surface area (Å²) in [6.45, 7) is 9.40. The molecule has 0 aliphatic heterocycles. The molecule has 4 nitrogen and oxygen atoms in total. The lowest BCUT2D eigenvalue weighted by Crippen LogP contribution is -2.17. The normalized spacial score (nSPS) is 14.6. The van der Waals surface area contributed by atoms with Gasteiger partial charge in [-0.1, -0.05) is 131 Å². The number of hydrogen-bond acceptors (Lipinski definition) is 4. The highest BCUT2D eigenvalue weighted by molar-refractivity contribution is 6.22. The van der Waals surface area contributed by atoms with Crippen molar-refractivity contribution in [3.8, 4) is 33.7 Å². The molecular formula is C53H38N2O2. The van der Waals surface area contributed by atoms with Crippen LogP contribution in [-0.4, -0.2) is 4.98 Å². The van der Waals surface area contributed by atoms with Crippen molar-refractivity contribution in [1.82, 2.24) is 4.98 Å². The third-order valence-electron chi connectivity index (χ3n) is 12.9. The zero-order chi connectivity index (χ0) is 38.2. The van der Waals surface area contributed by atoms with Gasteiger partial charge in [-0.3, -0.25) is 0 Å². The lowest BCUT2D eigenvalue weighted by atomic mass is 9.82. The average Bonchev–Trinajstić information content (AvgIpc) is 3.96. The fourth-order valence-corrected chi connectivity index (χ4v) is 10.1. The van der Waals surface area contributed by atoms with Crippen LogP contribution in [0.15, 0.2) is 167 Å². The summed E-state index contributed by atoms with van der Waals surface area (Å²) >= 11 is 0. The van der Waals surface area contributed by atoms with Gasteiger partial charge >= 0.3 is 0 Å². The van der Waals surface area contributed by atoms with Crippen molar-refractivity contribution in [2.75, 3.05) is 4.90 Å². The van der Waals surface area contributed by atoms with Crippen molar-refractivity contribution in [2.45, 2.75) is 38.5 Å². The molecular weight excluding hydrogens is 697 g/mol. The number of hydrogen-bond donors (Lipinski definition) is 0. The first-order chi connectivity index (χ1) is 27.8. The third kappa shape index (κ3) is 4.41. The van der Waals surface area contributed by atoms with E-state index in [4.69, 9.17) is 13.8 Å². The number of furan rings is 1. The molecule has 10 aromatic rings. The second-order valence-electron chi connectivity index (χ2n) is 16.7. The van der Waals surface area contributed by atoms with E-state index < -0.39 is 0 Å². The second kappa shape index (κ2) is 11.3. The number of nitrogens with zero attached hydrogens (tertiary/aromatic N) is 2. The summed E-state index contributed by atoms with van der Waals surface area (Å²) in [5.41, 5.74) is 17.8. The molecule has 0 bridgehead atoms. The standard InChI is InChI=1S/C53H38N2O2/c1-52(2)41-19-10-8-17-37(41)50-42(52)20-13-22-45(50)55(31-24-26-35-34-15-7-9-18-40(34)53(3,4)43(35)28-31)32-25-27-38-47(29-32)56-48-30-39(33-14-5-6-16-36(33)49(38)48)51-54-44-21-11-12-23-46(44)57-51/h5-30H,1-4H3. The topological polar surface area (TPSA) is 42.4 Å². The van der Waals surface area contributed by atoms with E-state index in [1.165, 1.54) is 44.5 Å². The summed E-state index contributed by atoms with van der Waals surface area (Å²) in [6.07, 6.45) is 0. The lowest BCUT2D eigenvalue weighted by molar-refractivity contribution is 0.620. The SMILES string of the molecule is CC1(C)c2ccccc2-c2ccc(N(c3ccc4c(c3)oc3cc(-c5nc6ccccc6o5)c5ccccc5c34)c3cccc4c3-c3ccccc3C4(C)C)cc21. The van der Waals surface area contributed by atoms with Crippen molar-refractivity contribution >= 4 is 60.9 Å². The highest BCUT2D eigenvalue weighted by atomic mass is 16.3. The number of rotatable bonds is 4. The fraction of sp³-hybridized carbons (Fsp3) is 0.113. The number of para-hydroxylation sites is 2. The molecule has 0 unspecified atom stereocenters. The molecule has 0 atom stereocenters. The predicted molar refractivity (Wildman–Crippen MR) is 234 cm³/mol. The summed E-state index contributed by atoms with van der Waals surface area (Å²) in [7, 11) is 0. The molecule has 2 aliphatic carbocycles. The molecule has 2 aromatic heterocycles. The van der Waals surface area contributed by atoms with Crippen LogP contribution in [0.1, 0.15) is 49.9 Å². The molecule has 57 heavy (non-hydrogen) atoms. The van der Waals surface area contributed by atoms with Crippen molar-refractivity contribution in [3.63, 3.8) is 0 Å². The van der Waals surface area contributed by atoms with E-state index in [2.05, 4.69) is 166 Å². The fourth-order valence-electron chi connectivity index (χ4n) is 10.1.